The standard InChI is InChI=1S/C40H41F3N4O3/c1-29(2)24-46(25-30-19-21-34(22-20-30)40(41,42)43)27-37(48)45-36(38(49)50-3)23-35-26-47(28-44-35)39(31-13-7-4-8-14-31,32-15-9-5-10-16-32)33-17-11-6-12-18-33/h4-11,13-17,19-22,26,28,36H,1,12,18,23-25,27H2,2-3H3,(H,45,48). The molecule has 0 bridgehead atoms. The van der Waals surface area contributed by atoms with Gasteiger partial charge in [-0.2, -0.15) is 13.2 Å². The van der Waals surface area contributed by atoms with Crippen LogP contribution in [0.3, 0.4) is 0 Å². The zero-order valence-electron chi connectivity index (χ0n) is 28.2. The molecule has 0 saturated heterocycles. The number of ether oxygens (including phenoxy) is 1. The number of esters is 1. The lowest BCUT2D eigenvalue weighted by Crippen LogP contribution is -2.47. The minimum absolute atomic E-state index is 0.0728. The molecule has 3 aromatic carbocycles. The first-order valence-electron chi connectivity index (χ1n) is 16.4. The maximum Gasteiger partial charge on any atom is 0.416 e. The molecular formula is C40H41F3N4O3. The Bertz CT molecular complexity index is 1790. The molecule has 50 heavy (non-hydrogen) atoms. The molecule has 1 N–H and O–H groups in total. The van der Waals surface area contributed by atoms with Crippen molar-refractivity contribution in [3.05, 3.63) is 161 Å². The van der Waals surface area contributed by atoms with Crippen molar-refractivity contribution in [2.24, 2.45) is 0 Å². The van der Waals surface area contributed by atoms with E-state index in [4.69, 9.17) is 9.72 Å². The molecule has 1 aliphatic rings. The second kappa shape index (κ2) is 16.0. The van der Waals surface area contributed by atoms with Crippen LogP contribution in [0.5, 0.6) is 0 Å². The summed E-state index contributed by atoms with van der Waals surface area (Å²) in [5.74, 6) is -1.07. The number of amides is 1. The number of benzene rings is 3. The molecule has 7 nitrogen and oxygen atoms in total. The SMILES string of the molecule is C=C(C)CN(CC(=O)NC(Cc1cn(C(C2=CC=CCC2)(c2ccccc2)c2ccccc2)cn1)C(=O)OC)Cc1ccc(C(F)(F)F)cc1. The fourth-order valence-electron chi connectivity index (χ4n) is 6.51. The Kier molecular flexibility index (Phi) is 11.5. The topological polar surface area (TPSA) is 76.5 Å². The molecule has 4 aromatic rings. The van der Waals surface area contributed by atoms with E-state index in [9.17, 15) is 22.8 Å². The van der Waals surface area contributed by atoms with Crippen molar-refractivity contribution in [3.63, 3.8) is 0 Å². The van der Waals surface area contributed by atoms with Crippen molar-refractivity contribution >= 4 is 11.9 Å². The van der Waals surface area contributed by atoms with E-state index in [1.807, 2.05) is 42.6 Å². The van der Waals surface area contributed by atoms with E-state index in [1.165, 1.54) is 24.8 Å². The summed E-state index contributed by atoms with van der Waals surface area (Å²) in [5, 5.41) is 2.81. The van der Waals surface area contributed by atoms with Gasteiger partial charge in [0, 0.05) is 25.7 Å². The predicted molar refractivity (Wildman–Crippen MR) is 187 cm³/mol. The number of carbonyl (C=O) groups is 2. The van der Waals surface area contributed by atoms with Crippen LogP contribution in [0.1, 0.15) is 47.7 Å². The molecule has 1 amide bonds. The molecule has 10 heteroatoms. The number of alkyl halides is 3. The number of rotatable bonds is 14. The summed E-state index contributed by atoms with van der Waals surface area (Å²) in [6, 6.07) is 24.2. The average molecular weight is 683 g/mol. The van der Waals surface area contributed by atoms with E-state index in [2.05, 4.69) is 59.0 Å². The van der Waals surface area contributed by atoms with Gasteiger partial charge >= 0.3 is 12.1 Å². The first-order valence-corrected chi connectivity index (χ1v) is 16.4. The van der Waals surface area contributed by atoms with E-state index in [0.29, 0.717) is 17.8 Å². The third-order valence-electron chi connectivity index (χ3n) is 8.67. The third-order valence-corrected chi connectivity index (χ3v) is 8.67. The van der Waals surface area contributed by atoms with Crippen LogP contribution in [0.4, 0.5) is 13.2 Å². The fourth-order valence-corrected chi connectivity index (χ4v) is 6.51. The van der Waals surface area contributed by atoms with Gasteiger partial charge in [0.05, 0.1) is 31.2 Å². The Labute approximate surface area is 290 Å². The first-order chi connectivity index (χ1) is 24.0. The quantitative estimate of drug-likeness (QED) is 0.112. The summed E-state index contributed by atoms with van der Waals surface area (Å²) >= 11 is 0. The number of nitrogens with zero attached hydrogens (tertiary/aromatic N) is 3. The lowest BCUT2D eigenvalue weighted by Gasteiger charge is -2.39. The van der Waals surface area contributed by atoms with Crippen LogP contribution in [0.15, 0.2) is 133 Å². The van der Waals surface area contributed by atoms with Crippen LogP contribution in [0.2, 0.25) is 0 Å². The van der Waals surface area contributed by atoms with Gasteiger partial charge in [-0.3, -0.25) is 9.69 Å². The number of methoxy groups -OCH3 is 1. The van der Waals surface area contributed by atoms with Gasteiger partial charge in [0.15, 0.2) is 0 Å². The Balaban J connectivity index is 1.40. The molecule has 1 aromatic heterocycles. The second-order valence-corrected chi connectivity index (χ2v) is 12.5. The molecule has 0 aliphatic heterocycles. The average Bonchev–Trinajstić information content (AvgIpc) is 3.57. The van der Waals surface area contributed by atoms with E-state index in [-0.39, 0.29) is 19.5 Å². The Morgan fingerprint density at radius 3 is 2.14 bits per heavy atom. The van der Waals surface area contributed by atoms with Crippen LogP contribution < -0.4 is 5.32 Å². The summed E-state index contributed by atoms with van der Waals surface area (Å²) in [4.78, 5) is 32.9. The predicted octanol–water partition coefficient (Wildman–Crippen LogP) is 7.25. The maximum atomic E-state index is 13.4. The summed E-state index contributed by atoms with van der Waals surface area (Å²) < 4.78 is 46.4. The number of imidazole rings is 1. The number of hydrogen-bond acceptors (Lipinski definition) is 5. The van der Waals surface area contributed by atoms with Crippen LogP contribution in [-0.4, -0.2) is 52.6 Å². The van der Waals surface area contributed by atoms with Crippen molar-refractivity contribution in [1.82, 2.24) is 19.8 Å². The number of allylic oxidation sites excluding steroid dienone is 4. The van der Waals surface area contributed by atoms with Crippen LogP contribution in [-0.2, 0) is 39.0 Å². The van der Waals surface area contributed by atoms with Gasteiger partial charge in [-0.05, 0) is 54.2 Å². The van der Waals surface area contributed by atoms with Crippen molar-refractivity contribution in [1.29, 1.82) is 0 Å². The second-order valence-electron chi connectivity index (χ2n) is 12.5. The summed E-state index contributed by atoms with van der Waals surface area (Å²) in [6.45, 7) is 6.15. The van der Waals surface area contributed by atoms with Gasteiger partial charge in [0.1, 0.15) is 11.6 Å². The van der Waals surface area contributed by atoms with Gasteiger partial charge in [-0.1, -0.05) is 103 Å². The molecule has 1 atom stereocenters. The zero-order chi connectivity index (χ0) is 35.7. The zero-order valence-corrected chi connectivity index (χ0v) is 28.2. The summed E-state index contributed by atoms with van der Waals surface area (Å²) in [6.07, 6.45) is 7.43. The highest BCUT2D eigenvalue weighted by Crippen LogP contribution is 2.43. The number of nitrogens with one attached hydrogen (secondary N) is 1. The molecule has 0 saturated carbocycles. The van der Waals surface area contributed by atoms with Crippen molar-refractivity contribution in [2.45, 2.75) is 50.5 Å². The smallest absolute Gasteiger partial charge is 0.416 e. The summed E-state index contributed by atoms with van der Waals surface area (Å²) in [7, 11) is 1.26. The Morgan fingerprint density at radius 1 is 0.960 bits per heavy atom. The number of hydrogen-bond donors (Lipinski definition) is 1. The molecule has 0 spiro atoms. The molecular weight excluding hydrogens is 641 g/mol. The number of aromatic nitrogens is 2. The highest BCUT2D eigenvalue weighted by atomic mass is 19.4. The molecule has 260 valence electrons. The van der Waals surface area contributed by atoms with E-state index in [1.54, 1.807) is 18.2 Å². The van der Waals surface area contributed by atoms with Gasteiger partial charge in [-0.25, -0.2) is 9.78 Å². The lowest BCUT2D eigenvalue weighted by molar-refractivity contribution is -0.145. The molecule has 1 heterocycles. The molecule has 0 radical (unpaired) electrons. The Morgan fingerprint density at radius 2 is 1.60 bits per heavy atom. The highest BCUT2D eigenvalue weighted by molar-refractivity contribution is 5.85. The van der Waals surface area contributed by atoms with Gasteiger partial charge in [0.25, 0.3) is 0 Å². The number of carbonyl (C=O) groups excluding carboxylic acids is 2. The van der Waals surface area contributed by atoms with E-state index >= 15 is 0 Å². The minimum Gasteiger partial charge on any atom is -0.467 e. The molecule has 1 aliphatic carbocycles. The summed E-state index contributed by atoms with van der Waals surface area (Å²) in [5.41, 5.74) is 3.78. The highest BCUT2D eigenvalue weighted by Gasteiger charge is 2.40. The lowest BCUT2D eigenvalue weighted by atomic mass is 9.73. The monoisotopic (exact) mass is 682 g/mol. The van der Waals surface area contributed by atoms with E-state index in [0.717, 1.165) is 41.7 Å². The van der Waals surface area contributed by atoms with Gasteiger partial charge in [0.2, 0.25) is 5.91 Å². The largest absolute Gasteiger partial charge is 0.467 e. The third kappa shape index (κ3) is 8.49. The minimum atomic E-state index is -4.44. The fraction of sp³-hybridized carbons (Fsp3) is 0.275. The Hall–Kier alpha value is -5.22. The maximum absolute atomic E-state index is 13.4. The van der Waals surface area contributed by atoms with Crippen LogP contribution in [0, 0.1) is 0 Å². The first kappa shape index (κ1) is 36.1. The number of halogens is 3. The normalized spacial score (nSPS) is 13.8. The molecule has 5 rings (SSSR count). The molecule has 1 unspecified atom stereocenters. The van der Waals surface area contributed by atoms with Crippen LogP contribution in [0.25, 0.3) is 0 Å². The van der Waals surface area contributed by atoms with Gasteiger partial charge in [-0.15, -0.1) is 0 Å². The van der Waals surface area contributed by atoms with Crippen molar-refractivity contribution in [2.75, 3.05) is 20.2 Å². The molecule has 0 fully saturated rings. The van der Waals surface area contributed by atoms with Crippen LogP contribution >= 0.6 is 0 Å². The van der Waals surface area contributed by atoms with E-state index < -0.39 is 35.2 Å². The van der Waals surface area contributed by atoms with Gasteiger partial charge < -0.3 is 14.6 Å². The van der Waals surface area contributed by atoms with Crippen molar-refractivity contribution in [3.8, 4) is 0 Å². The van der Waals surface area contributed by atoms with Crippen molar-refractivity contribution < 1.29 is 27.5 Å².